The molecule has 40 heavy (non-hydrogen) atoms. The third kappa shape index (κ3) is 6.27. The number of anilines is 1. The van der Waals surface area contributed by atoms with Crippen LogP contribution in [0.4, 0.5) is 19.1 Å². The Labute approximate surface area is 234 Å². The lowest BCUT2D eigenvalue weighted by atomic mass is 10.2. The molecule has 0 saturated carbocycles. The summed E-state index contributed by atoms with van der Waals surface area (Å²) in [6.45, 7) is 1.47. The molecule has 0 aliphatic heterocycles. The van der Waals surface area contributed by atoms with Gasteiger partial charge in [0, 0.05) is 37.2 Å². The topological polar surface area (TPSA) is 111 Å². The maximum absolute atomic E-state index is 13.3. The summed E-state index contributed by atoms with van der Waals surface area (Å²) in [5, 5.41) is 11.0. The number of aliphatic carboxylic acids is 1. The monoisotopic (exact) mass is 593 g/mol. The standard InChI is InChI=1S/C24H22ClN5O2S.C2HF3O2/c1-26-24-28-18-12-17(8-9-20(18)29(24)10-3-11-32-2)30-14-27-19-13-21(33-22(19)23(30)31)15-4-6-16(25)7-5-15;3-2(4,5)1(6)7/h4-9,12-14H,3,10-11H2,1-2H3,(H,26,28);(H,6,7). The molecule has 14 heteroatoms. The molecule has 0 aliphatic rings. The van der Waals surface area contributed by atoms with Gasteiger partial charge in [0.2, 0.25) is 5.95 Å². The summed E-state index contributed by atoms with van der Waals surface area (Å²) in [6, 6.07) is 15.4. The van der Waals surface area contributed by atoms with Gasteiger partial charge in [-0.15, -0.1) is 11.3 Å². The van der Waals surface area contributed by atoms with Gasteiger partial charge in [0.05, 0.1) is 22.2 Å². The number of aryl methyl sites for hydroxylation is 1. The van der Waals surface area contributed by atoms with E-state index in [1.807, 2.05) is 55.6 Å². The zero-order valence-electron chi connectivity index (χ0n) is 21.2. The zero-order valence-corrected chi connectivity index (χ0v) is 22.8. The highest BCUT2D eigenvalue weighted by Gasteiger charge is 2.38. The number of hydrogen-bond donors (Lipinski definition) is 2. The van der Waals surface area contributed by atoms with Crippen molar-refractivity contribution < 1.29 is 27.8 Å². The molecule has 0 spiro atoms. The molecule has 9 nitrogen and oxygen atoms in total. The van der Waals surface area contributed by atoms with Crippen LogP contribution in [0.1, 0.15) is 6.42 Å². The number of benzene rings is 2. The number of hydrogen-bond acceptors (Lipinski definition) is 7. The number of nitrogens with zero attached hydrogens (tertiary/aromatic N) is 4. The summed E-state index contributed by atoms with van der Waals surface area (Å²) in [5.41, 5.74) is 4.14. The number of ether oxygens (including phenoxy) is 1. The Balaban J connectivity index is 0.000000470. The van der Waals surface area contributed by atoms with Gasteiger partial charge in [0.1, 0.15) is 11.0 Å². The van der Waals surface area contributed by atoms with Gasteiger partial charge in [-0.3, -0.25) is 9.36 Å². The molecular weight excluding hydrogens is 571 g/mol. The van der Waals surface area contributed by atoms with Crippen molar-refractivity contribution >= 4 is 56.1 Å². The van der Waals surface area contributed by atoms with Crippen molar-refractivity contribution in [1.82, 2.24) is 19.1 Å². The Kier molecular flexibility index (Phi) is 8.76. The third-order valence-electron chi connectivity index (χ3n) is 5.77. The van der Waals surface area contributed by atoms with Crippen molar-refractivity contribution in [1.29, 1.82) is 0 Å². The highest BCUT2D eigenvalue weighted by Crippen LogP contribution is 2.32. The lowest BCUT2D eigenvalue weighted by Crippen LogP contribution is -2.21. The zero-order chi connectivity index (χ0) is 29.0. The van der Waals surface area contributed by atoms with Crippen LogP contribution in [0.25, 0.3) is 37.4 Å². The van der Waals surface area contributed by atoms with Gasteiger partial charge in [-0.2, -0.15) is 13.2 Å². The normalized spacial score (nSPS) is 11.4. The predicted octanol–water partition coefficient (Wildman–Crippen LogP) is 5.83. The average molecular weight is 594 g/mol. The smallest absolute Gasteiger partial charge is 0.475 e. The van der Waals surface area contributed by atoms with E-state index in [2.05, 4.69) is 14.9 Å². The number of thiophene rings is 1. The lowest BCUT2D eigenvalue weighted by molar-refractivity contribution is -0.192. The molecule has 2 N–H and O–H groups in total. The third-order valence-corrected chi connectivity index (χ3v) is 7.19. The minimum absolute atomic E-state index is 0.0991. The minimum Gasteiger partial charge on any atom is -0.475 e. The molecule has 3 aromatic heterocycles. The van der Waals surface area contributed by atoms with Crippen LogP contribution in [0, 0.1) is 0 Å². The van der Waals surface area contributed by atoms with E-state index >= 15 is 0 Å². The average Bonchev–Trinajstić information content (AvgIpc) is 3.51. The van der Waals surface area contributed by atoms with E-state index < -0.39 is 12.1 Å². The fourth-order valence-corrected chi connectivity index (χ4v) is 5.08. The maximum atomic E-state index is 13.3. The van der Waals surface area contributed by atoms with Crippen LogP contribution < -0.4 is 10.9 Å². The largest absolute Gasteiger partial charge is 0.490 e. The molecular formula is C26H23ClF3N5O4S. The lowest BCUT2D eigenvalue weighted by Gasteiger charge is -2.09. The summed E-state index contributed by atoms with van der Waals surface area (Å²) in [7, 11) is 3.55. The van der Waals surface area contributed by atoms with Gasteiger partial charge < -0.3 is 19.7 Å². The van der Waals surface area contributed by atoms with Crippen molar-refractivity contribution in [3.63, 3.8) is 0 Å². The van der Waals surface area contributed by atoms with Crippen molar-refractivity contribution in [3.05, 3.63) is 70.2 Å². The Bertz CT molecular complexity index is 1710. The Morgan fingerprint density at radius 2 is 1.85 bits per heavy atom. The molecule has 0 atom stereocenters. The van der Waals surface area contributed by atoms with Crippen molar-refractivity contribution in [2.75, 3.05) is 26.1 Å². The van der Waals surface area contributed by atoms with Gasteiger partial charge in [-0.25, -0.2) is 14.8 Å². The van der Waals surface area contributed by atoms with Gasteiger partial charge >= 0.3 is 12.1 Å². The first-order valence-electron chi connectivity index (χ1n) is 11.8. The number of halogens is 4. The van der Waals surface area contributed by atoms with E-state index in [-0.39, 0.29) is 5.56 Å². The molecule has 5 aromatic rings. The van der Waals surface area contributed by atoms with Gasteiger partial charge in [0.25, 0.3) is 5.56 Å². The first kappa shape index (κ1) is 29.1. The number of fused-ring (bicyclic) bond motifs is 2. The van der Waals surface area contributed by atoms with E-state index in [0.717, 1.165) is 46.1 Å². The quantitative estimate of drug-likeness (QED) is 0.228. The molecule has 0 unspecified atom stereocenters. The second-order valence-electron chi connectivity index (χ2n) is 8.41. The summed E-state index contributed by atoms with van der Waals surface area (Å²) in [6.07, 6.45) is -2.62. The molecule has 2 aromatic carbocycles. The second kappa shape index (κ2) is 12.1. The van der Waals surface area contributed by atoms with Crippen molar-refractivity contribution in [2.45, 2.75) is 19.1 Å². The molecule has 5 rings (SSSR count). The number of carbonyl (C=O) groups is 1. The van der Waals surface area contributed by atoms with Crippen LogP contribution in [-0.2, 0) is 16.1 Å². The van der Waals surface area contributed by atoms with Crippen LogP contribution in [0.15, 0.2) is 59.7 Å². The maximum Gasteiger partial charge on any atom is 0.490 e. The molecule has 3 heterocycles. The first-order chi connectivity index (χ1) is 19.0. The molecule has 210 valence electrons. The van der Waals surface area contributed by atoms with Crippen molar-refractivity contribution in [3.8, 4) is 16.1 Å². The van der Waals surface area contributed by atoms with E-state index in [1.165, 1.54) is 11.3 Å². The fraction of sp³-hybridized carbons (Fsp3) is 0.231. The Hall–Kier alpha value is -3.94. The predicted molar refractivity (Wildman–Crippen MR) is 149 cm³/mol. The Morgan fingerprint density at radius 1 is 1.15 bits per heavy atom. The van der Waals surface area contributed by atoms with E-state index in [4.69, 9.17) is 31.2 Å². The minimum atomic E-state index is -5.08. The van der Waals surface area contributed by atoms with E-state index in [1.54, 1.807) is 18.0 Å². The van der Waals surface area contributed by atoms with Crippen LogP contribution >= 0.6 is 22.9 Å². The summed E-state index contributed by atoms with van der Waals surface area (Å²) < 4.78 is 41.2. The number of imidazole rings is 1. The first-order valence-corrected chi connectivity index (χ1v) is 13.0. The van der Waals surface area contributed by atoms with Crippen LogP contribution in [0.2, 0.25) is 5.02 Å². The highest BCUT2D eigenvalue weighted by atomic mass is 35.5. The van der Waals surface area contributed by atoms with Crippen LogP contribution in [0.3, 0.4) is 0 Å². The molecule has 0 bridgehead atoms. The highest BCUT2D eigenvalue weighted by molar-refractivity contribution is 7.22. The molecule has 0 radical (unpaired) electrons. The van der Waals surface area contributed by atoms with E-state index in [0.29, 0.717) is 21.8 Å². The number of aromatic nitrogens is 4. The molecule has 0 fully saturated rings. The summed E-state index contributed by atoms with van der Waals surface area (Å²) in [4.78, 5) is 32.5. The number of carboxylic acid groups (broad SMARTS) is 1. The van der Waals surface area contributed by atoms with Crippen LogP contribution in [0.5, 0.6) is 0 Å². The number of methoxy groups -OCH3 is 1. The van der Waals surface area contributed by atoms with Gasteiger partial charge in [0.15, 0.2) is 0 Å². The van der Waals surface area contributed by atoms with Gasteiger partial charge in [-0.05, 0) is 48.4 Å². The molecule has 0 aliphatic carbocycles. The number of rotatable bonds is 7. The second-order valence-corrected chi connectivity index (χ2v) is 9.90. The number of alkyl halides is 3. The fourth-order valence-electron chi connectivity index (χ4n) is 3.90. The number of nitrogens with one attached hydrogen (secondary N) is 1. The van der Waals surface area contributed by atoms with E-state index in [9.17, 15) is 18.0 Å². The summed E-state index contributed by atoms with van der Waals surface area (Å²) >= 11 is 7.44. The van der Waals surface area contributed by atoms with Crippen molar-refractivity contribution in [2.24, 2.45) is 0 Å². The summed E-state index contributed by atoms with van der Waals surface area (Å²) in [5.74, 6) is -1.97. The SMILES string of the molecule is CNc1nc2cc(-n3cnc4cc(-c5ccc(Cl)cc5)sc4c3=O)ccc2n1CCCOC.O=C(O)C(F)(F)F. The van der Waals surface area contributed by atoms with Crippen LogP contribution in [-0.4, -0.2) is 57.1 Å². The molecule has 0 saturated heterocycles. The Morgan fingerprint density at radius 3 is 2.48 bits per heavy atom. The number of carboxylic acids is 1. The van der Waals surface area contributed by atoms with Gasteiger partial charge in [-0.1, -0.05) is 23.7 Å². The molecule has 0 amide bonds.